The molecule has 7 heteroatoms. The molecule has 0 aliphatic heterocycles. The van der Waals surface area contributed by atoms with Gasteiger partial charge in [-0.25, -0.2) is 4.98 Å². The second-order valence-corrected chi connectivity index (χ2v) is 4.97. The van der Waals surface area contributed by atoms with Gasteiger partial charge >= 0.3 is 5.97 Å². The molecule has 0 bridgehead atoms. The lowest BCUT2D eigenvalue weighted by molar-refractivity contribution is -0.148. The molecule has 0 aliphatic carbocycles. The smallest absolute Gasteiger partial charge is 0.325 e. The zero-order valence-electron chi connectivity index (χ0n) is 11.0. The predicted octanol–water partition coefficient (Wildman–Crippen LogP) is 1.84. The number of esters is 1. The van der Waals surface area contributed by atoms with Gasteiger partial charge in [-0.3, -0.25) is 9.59 Å². The highest BCUT2D eigenvalue weighted by Crippen LogP contribution is 2.13. The van der Waals surface area contributed by atoms with Gasteiger partial charge in [0.05, 0.1) is 24.6 Å². The van der Waals surface area contributed by atoms with Gasteiger partial charge in [0, 0.05) is 11.9 Å². The Hall–Kier alpha value is -1.14. The topological polar surface area (TPSA) is 59.5 Å². The number of hydrogen-bond acceptors (Lipinski definition) is 5. The summed E-state index contributed by atoms with van der Waals surface area (Å²) >= 11 is 7.06. The fraction of sp³-hybridized carbons (Fsp3) is 0.583. The predicted molar refractivity (Wildman–Crippen MR) is 74.3 cm³/mol. The highest BCUT2D eigenvalue weighted by Gasteiger charge is 2.17. The van der Waals surface area contributed by atoms with Crippen LogP contribution in [0.5, 0.6) is 0 Å². The minimum Gasteiger partial charge on any atom is -0.465 e. The molecule has 1 heterocycles. The van der Waals surface area contributed by atoms with Crippen molar-refractivity contribution in [1.82, 2.24) is 9.88 Å². The summed E-state index contributed by atoms with van der Waals surface area (Å²) in [6.45, 7) is 4.32. The van der Waals surface area contributed by atoms with Crippen LogP contribution in [-0.4, -0.2) is 41.5 Å². The Morgan fingerprint density at radius 2 is 2.21 bits per heavy atom. The van der Waals surface area contributed by atoms with Crippen LogP contribution in [0.2, 0.25) is 0 Å². The van der Waals surface area contributed by atoms with E-state index in [4.69, 9.17) is 16.3 Å². The Labute approximate surface area is 121 Å². The zero-order chi connectivity index (χ0) is 14.3. The highest BCUT2D eigenvalue weighted by atomic mass is 35.5. The third-order valence-corrected chi connectivity index (χ3v) is 3.57. The van der Waals surface area contributed by atoms with Gasteiger partial charge in [0.1, 0.15) is 11.6 Å². The largest absolute Gasteiger partial charge is 0.465 e. The number of nitrogens with zero attached hydrogens (tertiary/aromatic N) is 2. The molecule has 0 aromatic carbocycles. The molecule has 0 aliphatic rings. The number of likely N-dealkylation sites (N-methyl/N-ethyl adjacent to an activating group) is 1. The molecule has 0 N–H and O–H groups in total. The average Bonchev–Trinajstić information content (AvgIpc) is 2.83. The van der Waals surface area contributed by atoms with Gasteiger partial charge in [0.15, 0.2) is 0 Å². The highest BCUT2D eigenvalue weighted by molar-refractivity contribution is 7.09. The second kappa shape index (κ2) is 8.12. The number of halogens is 1. The van der Waals surface area contributed by atoms with Crippen molar-refractivity contribution in [3.8, 4) is 0 Å². The van der Waals surface area contributed by atoms with Crippen molar-refractivity contribution in [2.45, 2.75) is 26.1 Å². The third kappa shape index (κ3) is 5.16. The van der Waals surface area contributed by atoms with E-state index >= 15 is 0 Å². The van der Waals surface area contributed by atoms with Crippen LogP contribution in [0, 0.1) is 0 Å². The maximum atomic E-state index is 12.0. The molecule has 106 valence electrons. The quantitative estimate of drug-likeness (QED) is 0.569. The van der Waals surface area contributed by atoms with Gasteiger partial charge in [0.2, 0.25) is 5.91 Å². The summed E-state index contributed by atoms with van der Waals surface area (Å²) in [5.41, 5.74) is 0.767. The van der Waals surface area contributed by atoms with E-state index in [1.165, 1.54) is 16.2 Å². The van der Waals surface area contributed by atoms with Crippen molar-refractivity contribution in [2.75, 3.05) is 19.7 Å². The van der Waals surface area contributed by atoms with E-state index in [0.29, 0.717) is 24.0 Å². The van der Waals surface area contributed by atoms with Gasteiger partial charge in [0.25, 0.3) is 0 Å². The number of aromatic nitrogens is 1. The summed E-state index contributed by atoms with van der Waals surface area (Å²) in [7, 11) is 0. The van der Waals surface area contributed by atoms with Crippen LogP contribution in [0.15, 0.2) is 5.38 Å². The van der Waals surface area contributed by atoms with Crippen molar-refractivity contribution in [3.63, 3.8) is 0 Å². The lowest BCUT2D eigenvalue weighted by Crippen LogP contribution is -2.37. The molecule has 0 atom stereocenters. The van der Waals surface area contributed by atoms with Crippen molar-refractivity contribution in [1.29, 1.82) is 0 Å². The van der Waals surface area contributed by atoms with E-state index in [2.05, 4.69) is 4.98 Å². The molecular weight excluding hydrogens is 288 g/mol. The maximum absolute atomic E-state index is 12.0. The first-order valence-electron chi connectivity index (χ1n) is 6.03. The lowest BCUT2D eigenvalue weighted by Gasteiger charge is -2.19. The van der Waals surface area contributed by atoms with Gasteiger partial charge in [-0.1, -0.05) is 0 Å². The first kappa shape index (κ1) is 15.9. The Morgan fingerprint density at radius 1 is 1.47 bits per heavy atom. The van der Waals surface area contributed by atoms with Crippen LogP contribution in [0.4, 0.5) is 0 Å². The second-order valence-electron chi connectivity index (χ2n) is 3.76. The standard InChI is InChI=1S/C12H17ClN2O3S/c1-3-15(7-12(17)18-4-2)11(16)5-10-14-9(6-13)8-19-10/h8H,3-7H2,1-2H3. The molecule has 0 spiro atoms. The number of alkyl halides is 1. The Balaban J connectivity index is 2.55. The Kier molecular flexibility index (Phi) is 6.80. The van der Waals surface area contributed by atoms with E-state index < -0.39 is 5.97 Å². The summed E-state index contributed by atoms with van der Waals surface area (Å²) in [5, 5.41) is 2.54. The molecule has 0 fully saturated rings. The van der Waals surface area contributed by atoms with E-state index in [-0.39, 0.29) is 18.9 Å². The first-order chi connectivity index (χ1) is 9.10. The lowest BCUT2D eigenvalue weighted by atomic mass is 10.3. The molecule has 0 radical (unpaired) electrons. The number of carbonyl (C=O) groups excluding carboxylic acids is 2. The summed E-state index contributed by atoms with van der Waals surface area (Å²) in [6.07, 6.45) is 0.189. The summed E-state index contributed by atoms with van der Waals surface area (Å²) in [5.74, 6) is -0.185. The summed E-state index contributed by atoms with van der Waals surface area (Å²) < 4.78 is 4.83. The monoisotopic (exact) mass is 304 g/mol. The molecule has 0 saturated carbocycles. The Morgan fingerprint density at radius 3 is 2.74 bits per heavy atom. The number of amides is 1. The molecule has 5 nitrogen and oxygen atoms in total. The summed E-state index contributed by atoms with van der Waals surface area (Å²) in [4.78, 5) is 29.1. The van der Waals surface area contributed by atoms with Crippen molar-refractivity contribution in [3.05, 3.63) is 16.1 Å². The fourth-order valence-electron chi connectivity index (χ4n) is 1.47. The molecule has 19 heavy (non-hydrogen) atoms. The molecular formula is C12H17ClN2O3S. The van der Waals surface area contributed by atoms with Crippen LogP contribution in [-0.2, 0) is 26.6 Å². The molecule has 1 amide bonds. The number of carbonyl (C=O) groups is 2. The average molecular weight is 305 g/mol. The number of thiazole rings is 1. The van der Waals surface area contributed by atoms with E-state index in [1.54, 1.807) is 6.92 Å². The van der Waals surface area contributed by atoms with Gasteiger partial charge in [-0.15, -0.1) is 22.9 Å². The van der Waals surface area contributed by atoms with E-state index in [1.807, 2.05) is 12.3 Å². The minimum atomic E-state index is -0.390. The van der Waals surface area contributed by atoms with Gasteiger partial charge < -0.3 is 9.64 Å². The SMILES string of the molecule is CCOC(=O)CN(CC)C(=O)Cc1nc(CCl)cs1. The molecule has 0 unspecified atom stereocenters. The molecule has 1 aromatic heterocycles. The molecule has 0 saturated heterocycles. The first-order valence-corrected chi connectivity index (χ1v) is 7.44. The van der Waals surface area contributed by atoms with E-state index in [0.717, 1.165) is 5.69 Å². The van der Waals surface area contributed by atoms with Crippen LogP contribution in [0.25, 0.3) is 0 Å². The molecule has 1 rings (SSSR count). The van der Waals surface area contributed by atoms with Crippen molar-refractivity contribution >= 4 is 34.8 Å². The fourth-order valence-corrected chi connectivity index (χ4v) is 2.48. The number of ether oxygens (including phenoxy) is 1. The van der Waals surface area contributed by atoms with Gasteiger partial charge in [-0.05, 0) is 13.8 Å². The van der Waals surface area contributed by atoms with Crippen LogP contribution in [0.1, 0.15) is 24.5 Å². The molecule has 1 aromatic rings. The summed E-state index contributed by atoms with van der Waals surface area (Å²) in [6, 6.07) is 0. The third-order valence-electron chi connectivity index (χ3n) is 2.40. The van der Waals surface area contributed by atoms with Crippen LogP contribution < -0.4 is 0 Å². The maximum Gasteiger partial charge on any atom is 0.325 e. The number of rotatable bonds is 7. The van der Waals surface area contributed by atoms with E-state index in [9.17, 15) is 9.59 Å². The Bertz CT molecular complexity index is 436. The van der Waals surface area contributed by atoms with Gasteiger partial charge in [-0.2, -0.15) is 0 Å². The van der Waals surface area contributed by atoms with Crippen LogP contribution >= 0.6 is 22.9 Å². The minimum absolute atomic E-state index is 0.0170. The van der Waals surface area contributed by atoms with Crippen molar-refractivity contribution < 1.29 is 14.3 Å². The normalized spacial score (nSPS) is 10.3. The van der Waals surface area contributed by atoms with Crippen LogP contribution in [0.3, 0.4) is 0 Å². The number of hydrogen-bond donors (Lipinski definition) is 0. The zero-order valence-corrected chi connectivity index (χ0v) is 12.6. The van der Waals surface area contributed by atoms with Crippen molar-refractivity contribution in [2.24, 2.45) is 0 Å².